The average molecular weight is 241 g/mol. The molecular formula is C13H23NO3. The number of carbonyl (C=O) groups is 1. The molecule has 0 saturated carbocycles. The highest BCUT2D eigenvalue weighted by Gasteiger charge is 2.33. The minimum atomic E-state index is -0.238. The van der Waals surface area contributed by atoms with E-state index in [-0.39, 0.29) is 17.8 Å². The average Bonchev–Trinajstić information content (AvgIpc) is 2.39. The minimum Gasteiger partial charge on any atom is -0.381 e. The fraction of sp³-hybridized carbons (Fsp3) is 0.923. The maximum Gasteiger partial charge on any atom is 0.168 e. The van der Waals surface area contributed by atoms with Crippen LogP contribution in [-0.4, -0.2) is 55.7 Å². The van der Waals surface area contributed by atoms with Gasteiger partial charge in [-0.3, -0.25) is 9.69 Å². The van der Waals surface area contributed by atoms with E-state index in [1.54, 1.807) is 0 Å². The summed E-state index contributed by atoms with van der Waals surface area (Å²) in [6.07, 6.45) is 1.72. The lowest BCUT2D eigenvalue weighted by Crippen LogP contribution is -2.50. The van der Waals surface area contributed by atoms with Crippen molar-refractivity contribution in [3.63, 3.8) is 0 Å². The first-order valence-corrected chi connectivity index (χ1v) is 6.65. The number of Topliss-reactive ketones (excluding diaryl/α,β-unsaturated/α-hetero) is 1. The summed E-state index contributed by atoms with van der Waals surface area (Å²) in [7, 11) is 0. The number of hydrogen-bond acceptors (Lipinski definition) is 4. The molecule has 0 aliphatic carbocycles. The predicted molar refractivity (Wildman–Crippen MR) is 65.0 cm³/mol. The number of nitrogens with zero attached hydrogens (tertiary/aromatic N) is 1. The van der Waals surface area contributed by atoms with Crippen molar-refractivity contribution >= 4 is 5.78 Å². The van der Waals surface area contributed by atoms with Crippen molar-refractivity contribution in [2.75, 3.05) is 32.9 Å². The molecule has 2 aliphatic heterocycles. The first-order chi connectivity index (χ1) is 8.18. The summed E-state index contributed by atoms with van der Waals surface area (Å²) in [6.45, 7) is 8.05. The number of ketones is 1. The van der Waals surface area contributed by atoms with Gasteiger partial charge < -0.3 is 9.47 Å². The molecule has 4 heteroatoms. The molecule has 0 aromatic carbocycles. The van der Waals surface area contributed by atoms with Crippen LogP contribution in [0.3, 0.4) is 0 Å². The van der Waals surface area contributed by atoms with E-state index in [2.05, 4.69) is 18.7 Å². The zero-order valence-electron chi connectivity index (χ0n) is 10.9. The molecule has 0 N–H and O–H groups in total. The van der Waals surface area contributed by atoms with E-state index in [9.17, 15) is 4.79 Å². The molecule has 0 aromatic rings. The molecule has 2 fully saturated rings. The Morgan fingerprint density at radius 3 is 2.82 bits per heavy atom. The fourth-order valence-corrected chi connectivity index (χ4v) is 2.54. The number of hydrogen-bond donors (Lipinski definition) is 0. The van der Waals surface area contributed by atoms with Crippen LogP contribution in [0.25, 0.3) is 0 Å². The van der Waals surface area contributed by atoms with Crippen molar-refractivity contribution in [3.05, 3.63) is 0 Å². The maximum absolute atomic E-state index is 12.3. The molecule has 2 rings (SSSR count). The summed E-state index contributed by atoms with van der Waals surface area (Å²) in [5.74, 6) is 0.302. The molecular weight excluding hydrogens is 218 g/mol. The van der Waals surface area contributed by atoms with Gasteiger partial charge in [0.25, 0.3) is 0 Å². The van der Waals surface area contributed by atoms with Gasteiger partial charge in [0.05, 0.1) is 13.2 Å². The van der Waals surface area contributed by atoms with Crippen molar-refractivity contribution in [3.8, 4) is 0 Å². The Morgan fingerprint density at radius 1 is 1.35 bits per heavy atom. The fourth-order valence-electron chi connectivity index (χ4n) is 2.54. The third kappa shape index (κ3) is 3.27. The van der Waals surface area contributed by atoms with Gasteiger partial charge in [-0.2, -0.15) is 0 Å². The Morgan fingerprint density at radius 2 is 2.18 bits per heavy atom. The Bertz CT molecular complexity index is 261. The molecule has 17 heavy (non-hydrogen) atoms. The molecule has 4 nitrogen and oxygen atoms in total. The summed E-state index contributed by atoms with van der Waals surface area (Å²) < 4.78 is 11.0. The van der Waals surface area contributed by atoms with Gasteiger partial charge in [0, 0.05) is 31.7 Å². The topological polar surface area (TPSA) is 38.8 Å². The van der Waals surface area contributed by atoms with Crippen LogP contribution in [0.2, 0.25) is 0 Å². The van der Waals surface area contributed by atoms with Gasteiger partial charge in [-0.1, -0.05) is 0 Å². The highest BCUT2D eigenvalue weighted by Crippen LogP contribution is 2.19. The molecule has 2 atom stereocenters. The number of rotatable bonds is 3. The Balaban J connectivity index is 1.89. The zero-order valence-corrected chi connectivity index (χ0v) is 10.9. The molecule has 2 heterocycles. The summed E-state index contributed by atoms with van der Waals surface area (Å²) in [5, 5.41) is 0. The quantitative estimate of drug-likeness (QED) is 0.741. The summed E-state index contributed by atoms with van der Waals surface area (Å²) >= 11 is 0. The van der Waals surface area contributed by atoms with E-state index in [0.717, 1.165) is 32.5 Å². The van der Waals surface area contributed by atoms with E-state index < -0.39 is 0 Å². The SMILES string of the molecule is CC(C)N1CCOC(C(=O)C2CCCOC2)C1. The Hall–Kier alpha value is -0.450. The third-order valence-electron chi connectivity index (χ3n) is 3.71. The zero-order chi connectivity index (χ0) is 12.3. The van der Waals surface area contributed by atoms with Crippen molar-refractivity contribution < 1.29 is 14.3 Å². The molecule has 2 aliphatic rings. The van der Waals surface area contributed by atoms with E-state index >= 15 is 0 Å². The highest BCUT2D eigenvalue weighted by molar-refractivity contribution is 5.86. The molecule has 2 saturated heterocycles. The molecule has 98 valence electrons. The van der Waals surface area contributed by atoms with Gasteiger partial charge >= 0.3 is 0 Å². The first-order valence-electron chi connectivity index (χ1n) is 6.65. The van der Waals surface area contributed by atoms with Gasteiger partial charge in [0.15, 0.2) is 5.78 Å². The monoisotopic (exact) mass is 241 g/mol. The van der Waals surface area contributed by atoms with Crippen LogP contribution in [0.1, 0.15) is 26.7 Å². The number of carbonyl (C=O) groups excluding carboxylic acids is 1. The predicted octanol–water partition coefficient (Wildman–Crippen LogP) is 1.09. The van der Waals surface area contributed by atoms with Crippen LogP contribution in [0, 0.1) is 5.92 Å². The molecule has 2 unspecified atom stereocenters. The van der Waals surface area contributed by atoms with Gasteiger partial charge in [-0.25, -0.2) is 0 Å². The number of morpholine rings is 1. The van der Waals surface area contributed by atoms with Crippen molar-refractivity contribution in [2.45, 2.75) is 38.8 Å². The van der Waals surface area contributed by atoms with Crippen LogP contribution < -0.4 is 0 Å². The van der Waals surface area contributed by atoms with Crippen molar-refractivity contribution in [1.29, 1.82) is 0 Å². The first kappa shape index (κ1) is 13.0. The lowest BCUT2D eigenvalue weighted by atomic mass is 9.93. The van der Waals surface area contributed by atoms with Crippen molar-refractivity contribution in [1.82, 2.24) is 4.90 Å². The summed E-state index contributed by atoms with van der Waals surface area (Å²) in [5.41, 5.74) is 0. The molecule has 0 bridgehead atoms. The lowest BCUT2D eigenvalue weighted by Gasteiger charge is -2.36. The normalized spacial score (nSPS) is 31.7. The van der Waals surface area contributed by atoms with Crippen LogP contribution in [-0.2, 0) is 14.3 Å². The van der Waals surface area contributed by atoms with Crippen LogP contribution in [0.4, 0.5) is 0 Å². The molecule has 0 radical (unpaired) electrons. The Labute approximate surface area is 103 Å². The Kier molecular flexibility index (Phi) is 4.54. The van der Waals surface area contributed by atoms with E-state index in [1.165, 1.54) is 0 Å². The van der Waals surface area contributed by atoms with Gasteiger partial charge in [-0.05, 0) is 26.7 Å². The van der Waals surface area contributed by atoms with E-state index in [4.69, 9.17) is 9.47 Å². The van der Waals surface area contributed by atoms with Gasteiger partial charge in [0.1, 0.15) is 6.10 Å². The minimum absolute atomic E-state index is 0.0564. The molecule has 0 spiro atoms. The highest BCUT2D eigenvalue weighted by atomic mass is 16.5. The second kappa shape index (κ2) is 5.94. The van der Waals surface area contributed by atoms with Gasteiger partial charge in [0.2, 0.25) is 0 Å². The standard InChI is InChI=1S/C13H23NO3/c1-10(2)14-5-7-17-12(8-14)13(15)11-4-3-6-16-9-11/h10-12H,3-9H2,1-2H3. The van der Waals surface area contributed by atoms with E-state index in [0.29, 0.717) is 19.3 Å². The lowest BCUT2D eigenvalue weighted by molar-refractivity contribution is -0.145. The summed E-state index contributed by atoms with van der Waals surface area (Å²) in [4.78, 5) is 14.6. The van der Waals surface area contributed by atoms with Crippen LogP contribution >= 0.6 is 0 Å². The molecule has 0 aromatic heterocycles. The van der Waals surface area contributed by atoms with Gasteiger partial charge in [-0.15, -0.1) is 0 Å². The maximum atomic E-state index is 12.3. The number of ether oxygens (including phenoxy) is 2. The second-order valence-corrected chi connectivity index (χ2v) is 5.26. The smallest absolute Gasteiger partial charge is 0.168 e. The van der Waals surface area contributed by atoms with E-state index in [1.807, 2.05) is 0 Å². The third-order valence-corrected chi connectivity index (χ3v) is 3.71. The van der Waals surface area contributed by atoms with Crippen molar-refractivity contribution in [2.24, 2.45) is 5.92 Å². The second-order valence-electron chi connectivity index (χ2n) is 5.26. The molecule has 0 amide bonds. The van der Waals surface area contributed by atoms with Crippen LogP contribution in [0.5, 0.6) is 0 Å². The summed E-state index contributed by atoms with van der Waals surface area (Å²) in [6, 6.07) is 0.483. The largest absolute Gasteiger partial charge is 0.381 e. The van der Waals surface area contributed by atoms with Crippen LogP contribution in [0.15, 0.2) is 0 Å².